The summed E-state index contributed by atoms with van der Waals surface area (Å²) < 4.78 is 26.1. The van der Waals surface area contributed by atoms with Crippen LogP contribution in [0.2, 0.25) is 10.0 Å². The van der Waals surface area contributed by atoms with Crippen LogP contribution in [0.25, 0.3) is 0 Å². The Hall–Kier alpha value is -1.12. The van der Waals surface area contributed by atoms with E-state index in [4.69, 9.17) is 28.2 Å². The average molecular weight is 560 g/mol. The van der Waals surface area contributed by atoms with Crippen molar-refractivity contribution in [3.8, 4) is 0 Å². The van der Waals surface area contributed by atoms with Crippen LogP contribution in [0, 0.1) is 0 Å². The SMILES string of the molecule is O=S(=O)(c1ccc(CBr)cc1)C1CCN(c2nc(Cc3ccc(Cl)cc3Cl)cs2)CC1. The lowest BCUT2D eigenvalue weighted by molar-refractivity contribution is 0.529. The van der Waals surface area contributed by atoms with E-state index in [2.05, 4.69) is 20.8 Å². The van der Waals surface area contributed by atoms with Crippen molar-refractivity contribution in [1.29, 1.82) is 0 Å². The van der Waals surface area contributed by atoms with E-state index < -0.39 is 9.84 Å². The predicted octanol–water partition coefficient (Wildman–Crippen LogP) is 6.38. The van der Waals surface area contributed by atoms with Gasteiger partial charge >= 0.3 is 0 Å². The number of sulfone groups is 1. The van der Waals surface area contributed by atoms with E-state index in [0.717, 1.165) is 22.0 Å². The van der Waals surface area contributed by atoms with E-state index in [1.165, 1.54) is 0 Å². The van der Waals surface area contributed by atoms with Gasteiger partial charge in [0.25, 0.3) is 0 Å². The number of aromatic nitrogens is 1. The Morgan fingerprint density at radius 2 is 1.81 bits per heavy atom. The molecule has 2 aromatic carbocycles. The highest BCUT2D eigenvalue weighted by atomic mass is 79.9. The number of benzene rings is 2. The molecule has 0 bridgehead atoms. The van der Waals surface area contributed by atoms with Crippen LogP contribution < -0.4 is 4.90 Å². The van der Waals surface area contributed by atoms with E-state index in [1.807, 2.05) is 29.6 Å². The van der Waals surface area contributed by atoms with Gasteiger partial charge in [0.2, 0.25) is 0 Å². The molecule has 2 heterocycles. The molecule has 0 spiro atoms. The molecular formula is C22H21BrCl2N2O2S2. The van der Waals surface area contributed by atoms with Crippen molar-refractivity contribution in [2.45, 2.75) is 34.7 Å². The molecule has 0 atom stereocenters. The topological polar surface area (TPSA) is 50.3 Å². The fraction of sp³-hybridized carbons (Fsp3) is 0.318. The van der Waals surface area contributed by atoms with Crippen molar-refractivity contribution < 1.29 is 8.42 Å². The molecule has 4 rings (SSSR count). The zero-order chi connectivity index (χ0) is 22.0. The minimum Gasteiger partial charge on any atom is -0.348 e. The maximum Gasteiger partial charge on any atom is 0.185 e. The fourth-order valence-corrected chi connectivity index (χ4v) is 7.16. The van der Waals surface area contributed by atoms with Gasteiger partial charge in [-0.1, -0.05) is 57.3 Å². The third kappa shape index (κ3) is 5.28. The zero-order valence-electron chi connectivity index (χ0n) is 16.6. The fourth-order valence-electron chi connectivity index (χ4n) is 3.70. The lowest BCUT2D eigenvalue weighted by atomic mass is 10.1. The van der Waals surface area contributed by atoms with E-state index in [1.54, 1.807) is 29.5 Å². The second kappa shape index (κ2) is 9.79. The summed E-state index contributed by atoms with van der Waals surface area (Å²) in [6.07, 6.45) is 1.84. The molecule has 1 aromatic heterocycles. The third-order valence-corrected chi connectivity index (χ3v) is 9.95. The highest BCUT2D eigenvalue weighted by Crippen LogP contribution is 2.31. The molecule has 0 unspecified atom stereocenters. The Bertz CT molecular complexity index is 1160. The van der Waals surface area contributed by atoms with Gasteiger partial charge < -0.3 is 4.90 Å². The molecule has 0 N–H and O–H groups in total. The van der Waals surface area contributed by atoms with Gasteiger partial charge in [-0.2, -0.15) is 0 Å². The number of nitrogens with zero attached hydrogens (tertiary/aromatic N) is 2. The maximum atomic E-state index is 13.0. The molecule has 4 nitrogen and oxygen atoms in total. The summed E-state index contributed by atoms with van der Waals surface area (Å²) in [6.45, 7) is 1.36. The van der Waals surface area contributed by atoms with Crippen molar-refractivity contribution in [3.05, 3.63) is 74.7 Å². The second-order valence-corrected chi connectivity index (χ2v) is 12.0. The van der Waals surface area contributed by atoms with Crippen LogP contribution in [0.15, 0.2) is 52.7 Å². The maximum absolute atomic E-state index is 13.0. The number of hydrogen-bond acceptors (Lipinski definition) is 5. The number of halogens is 3. The lowest BCUT2D eigenvalue weighted by Crippen LogP contribution is -2.39. The Balaban J connectivity index is 1.39. The van der Waals surface area contributed by atoms with Crippen LogP contribution >= 0.6 is 50.5 Å². The van der Waals surface area contributed by atoms with Crippen LogP contribution in [0.1, 0.15) is 29.7 Å². The number of piperidine rings is 1. The van der Waals surface area contributed by atoms with Crippen molar-refractivity contribution >= 4 is 65.4 Å². The number of alkyl halides is 1. The first-order valence-corrected chi connectivity index (χ1v) is 14.2. The Morgan fingerprint density at radius 3 is 2.45 bits per heavy atom. The summed E-state index contributed by atoms with van der Waals surface area (Å²) in [7, 11) is -3.32. The van der Waals surface area contributed by atoms with Gasteiger partial charge in [0, 0.05) is 40.3 Å². The van der Waals surface area contributed by atoms with Gasteiger partial charge in [0.15, 0.2) is 15.0 Å². The molecule has 0 aliphatic carbocycles. The number of anilines is 1. The first kappa shape index (κ1) is 23.1. The summed E-state index contributed by atoms with van der Waals surface area (Å²) in [4.78, 5) is 7.34. The smallest absolute Gasteiger partial charge is 0.185 e. The average Bonchev–Trinajstić information content (AvgIpc) is 3.24. The Labute approximate surface area is 205 Å². The van der Waals surface area contributed by atoms with Crippen LogP contribution in [-0.2, 0) is 21.6 Å². The molecule has 1 aliphatic heterocycles. The molecule has 164 valence electrons. The van der Waals surface area contributed by atoms with Crippen LogP contribution in [0.5, 0.6) is 0 Å². The molecule has 31 heavy (non-hydrogen) atoms. The number of hydrogen-bond donors (Lipinski definition) is 0. The zero-order valence-corrected chi connectivity index (χ0v) is 21.3. The van der Waals surface area contributed by atoms with Gasteiger partial charge in [-0.25, -0.2) is 13.4 Å². The Kier molecular flexibility index (Phi) is 7.28. The van der Waals surface area contributed by atoms with E-state index in [0.29, 0.717) is 52.6 Å². The highest BCUT2D eigenvalue weighted by Gasteiger charge is 2.32. The molecular weight excluding hydrogens is 539 g/mol. The van der Waals surface area contributed by atoms with Gasteiger partial charge in [0.1, 0.15) is 0 Å². The summed E-state index contributed by atoms with van der Waals surface area (Å²) in [6, 6.07) is 12.6. The Morgan fingerprint density at radius 1 is 1.10 bits per heavy atom. The standard InChI is InChI=1S/C22H21BrCl2N2O2S2/c23-13-15-1-5-19(6-2-15)31(28,29)20-7-9-27(10-8-20)22-26-18(14-30-22)11-16-3-4-17(24)12-21(16)25/h1-6,12,14,20H,7-11,13H2. The molecule has 0 radical (unpaired) electrons. The van der Waals surface area contributed by atoms with Gasteiger partial charge in [-0.3, -0.25) is 0 Å². The van der Waals surface area contributed by atoms with Gasteiger partial charge in [0.05, 0.1) is 15.8 Å². The molecule has 0 saturated carbocycles. The minimum atomic E-state index is -3.32. The van der Waals surface area contributed by atoms with Crippen molar-refractivity contribution in [1.82, 2.24) is 4.98 Å². The number of rotatable bonds is 6. The quantitative estimate of drug-likeness (QED) is 0.329. The van der Waals surface area contributed by atoms with E-state index >= 15 is 0 Å². The van der Waals surface area contributed by atoms with Gasteiger partial charge in [-0.15, -0.1) is 11.3 Å². The van der Waals surface area contributed by atoms with Gasteiger partial charge in [-0.05, 0) is 48.2 Å². The highest BCUT2D eigenvalue weighted by molar-refractivity contribution is 9.08. The normalized spacial score (nSPS) is 15.4. The van der Waals surface area contributed by atoms with Crippen LogP contribution in [-0.4, -0.2) is 31.7 Å². The predicted molar refractivity (Wildman–Crippen MR) is 133 cm³/mol. The first-order valence-electron chi connectivity index (χ1n) is 9.89. The second-order valence-electron chi connectivity index (χ2n) is 7.54. The summed E-state index contributed by atoms with van der Waals surface area (Å²) in [5.74, 6) is 0. The summed E-state index contributed by atoms with van der Waals surface area (Å²) in [5.41, 5.74) is 3.00. The lowest BCUT2D eigenvalue weighted by Gasteiger charge is -2.31. The molecule has 1 saturated heterocycles. The third-order valence-electron chi connectivity index (χ3n) is 5.48. The molecule has 3 aromatic rings. The monoisotopic (exact) mass is 558 g/mol. The van der Waals surface area contributed by atoms with E-state index in [-0.39, 0.29) is 5.25 Å². The van der Waals surface area contributed by atoms with Crippen molar-refractivity contribution in [3.63, 3.8) is 0 Å². The largest absolute Gasteiger partial charge is 0.348 e. The minimum absolute atomic E-state index is 0.356. The van der Waals surface area contributed by atoms with E-state index in [9.17, 15) is 8.42 Å². The summed E-state index contributed by atoms with van der Waals surface area (Å²) >= 11 is 17.2. The molecule has 9 heteroatoms. The summed E-state index contributed by atoms with van der Waals surface area (Å²) in [5, 5.41) is 4.57. The number of thiazole rings is 1. The molecule has 0 amide bonds. The molecule has 1 aliphatic rings. The first-order chi connectivity index (χ1) is 14.9. The van der Waals surface area contributed by atoms with Crippen molar-refractivity contribution in [2.75, 3.05) is 18.0 Å². The molecule has 1 fully saturated rings. The van der Waals surface area contributed by atoms with Crippen molar-refractivity contribution in [2.24, 2.45) is 0 Å². The van der Waals surface area contributed by atoms with Crippen LogP contribution in [0.4, 0.5) is 5.13 Å². The van der Waals surface area contributed by atoms with Crippen LogP contribution in [0.3, 0.4) is 0 Å².